The molecule has 3 aliphatic carbocycles. The second kappa shape index (κ2) is 20.2. The molecule has 0 radical (unpaired) electrons. The van der Waals surface area contributed by atoms with Crippen molar-refractivity contribution in [3.8, 4) is 33.4 Å². The van der Waals surface area contributed by atoms with Crippen LogP contribution in [0.2, 0.25) is 0 Å². The quantitative estimate of drug-likeness (QED) is 0.126. The Balaban J connectivity index is 0.672. The minimum Gasteiger partial charge on any atom is -0.310 e. The molecule has 0 unspecified atom stereocenters. The molecule has 0 amide bonds. The molecule has 0 N–H and O–H groups in total. The van der Waals surface area contributed by atoms with Crippen molar-refractivity contribution in [2.45, 2.75) is 84.0 Å². The SMILES string of the molecule is CC(C)(C)c1ccc(N(c2ccc3c(c2)C(C)(C)c2cc(/C=C/c4ccc(/C=C/c5ccc6c(c5)C(C)(C)c5cc(N(c7ccc8c(c7)C(C)(C)c7ccccc7-8)c7cccc8ccccc78)ccc5-6)cc4)ccc2-3)c2cccc3ccccc23)cc1. The number of fused-ring (bicyclic) bond motifs is 11. The van der Waals surface area contributed by atoms with Gasteiger partial charge >= 0.3 is 0 Å². The van der Waals surface area contributed by atoms with Crippen LogP contribution in [0.4, 0.5) is 34.1 Å². The largest absolute Gasteiger partial charge is 0.310 e. The number of nitrogens with zero attached hydrogens (tertiary/aromatic N) is 2. The van der Waals surface area contributed by atoms with Crippen LogP contribution in [0.1, 0.15) is 124 Å². The standard InChI is InChI=1S/C85H72N2/c1-82(2,3)61-38-40-62(41-39-61)86(80-26-16-20-59-18-10-12-22-66(59)80)63-42-48-72-69-45-36-57(50-75(69)84(6,7)78(72)52-63)34-32-55-28-30-56(31-29-55)33-35-58-37-46-70-73-49-44-65(54-79(73)85(8,9)76(70)51-58)87(81-27-17-21-60-19-11-13-23-67(60)81)64-43-47-71-68-24-14-15-25-74(68)83(4,5)77(71)53-64/h10-54H,1-9H3/b34-32+,35-33+. The lowest BCUT2D eigenvalue weighted by atomic mass is 9.81. The van der Waals surface area contributed by atoms with E-state index in [1.165, 1.54) is 133 Å². The predicted octanol–water partition coefficient (Wildman–Crippen LogP) is 23.5. The van der Waals surface area contributed by atoms with Crippen LogP contribution in [0.15, 0.2) is 249 Å². The first kappa shape index (κ1) is 53.9. The zero-order valence-corrected chi connectivity index (χ0v) is 51.4. The fourth-order valence-electron chi connectivity index (χ4n) is 14.7. The first-order valence-corrected chi connectivity index (χ1v) is 31.0. The van der Waals surface area contributed by atoms with E-state index in [-0.39, 0.29) is 21.7 Å². The molecule has 87 heavy (non-hydrogen) atoms. The predicted molar refractivity (Wildman–Crippen MR) is 373 cm³/mol. The molecule has 0 spiro atoms. The monoisotopic (exact) mass is 1120 g/mol. The molecule has 0 heterocycles. The third kappa shape index (κ3) is 8.99. The number of hydrogen-bond acceptors (Lipinski definition) is 2. The number of hydrogen-bond donors (Lipinski definition) is 0. The molecular formula is C85H72N2. The fourth-order valence-corrected chi connectivity index (χ4v) is 14.7. The van der Waals surface area contributed by atoms with Gasteiger partial charge < -0.3 is 9.80 Å². The highest BCUT2D eigenvalue weighted by Crippen LogP contribution is 2.55. The van der Waals surface area contributed by atoms with Gasteiger partial charge in [0, 0.05) is 49.8 Å². The maximum Gasteiger partial charge on any atom is 0.0540 e. The van der Waals surface area contributed by atoms with Crippen LogP contribution in [0.5, 0.6) is 0 Å². The number of anilines is 6. The van der Waals surface area contributed by atoms with E-state index in [1.807, 2.05) is 0 Å². The first-order chi connectivity index (χ1) is 42.0. The van der Waals surface area contributed by atoms with Crippen LogP contribution < -0.4 is 9.80 Å². The van der Waals surface area contributed by atoms with Gasteiger partial charge in [0.15, 0.2) is 0 Å². The van der Waals surface area contributed by atoms with Crippen molar-refractivity contribution in [1.82, 2.24) is 0 Å². The summed E-state index contributed by atoms with van der Waals surface area (Å²) in [6.45, 7) is 21.1. The summed E-state index contributed by atoms with van der Waals surface area (Å²) < 4.78 is 0. The molecular weight excluding hydrogens is 1050 g/mol. The van der Waals surface area contributed by atoms with Crippen LogP contribution in [0.25, 0.3) is 79.2 Å². The van der Waals surface area contributed by atoms with E-state index < -0.39 is 0 Å². The molecule has 0 saturated heterocycles. The zero-order valence-electron chi connectivity index (χ0n) is 51.4. The van der Waals surface area contributed by atoms with Gasteiger partial charge in [-0.1, -0.05) is 275 Å². The van der Waals surface area contributed by atoms with Gasteiger partial charge in [-0.05, 0) is 171 Å². The Morgan fingerprint density at radius 3 is 1.05 bits per heavy atom. The zero-order chi connectivity index (χ0) is 59.6. The second-order valence-corrected chi connectivity index (χ2v) is 27.0. The van der Waals surface area contributed by atoms with Gasteiger partial charge in [0.1, 0.15) is 0 Å². The lowest BCUT2D eigenvalue weighted by Crippen LogP contribution is -2.18. The summed E-state index contributed by atoms with van der Waals surface area (Å²) in [7, 11) is 0. The van der Waals surface area contributed by atoms with E-state index in [0.717, 1.165) is 17.1 Å². The highest BCUT2D eigenvalue weighted by atomic mass is 15.1. The van der Waals surface area contributed by atoms with E-state index in [2.05, 4.69) is 345 Å². The summed E-state index contributed by atoms with van der Waals surface area (Å²) >= 11 is 0. The Morgan fingerprint density at radius 1 is 0.276 bits per heavy atom. The highest BCUT2D eigenvalue weighted by Gasteiger charge is 2.39. The maximum absolute atomic E-state index is 2.49. The minimum atomic E-state index is -0.215. The molecule has 12 aromatic rings. The average molecular weight is 1120 g/mol. The molecule has 2 nitrogen and oxygen atoms in total. The Bertz CT molecular complexity index is 4790. The van der Waals surface area contributed by atoms with Crippen LogP contribution in [0.3, 0.4) is 0 Å². The minimum absolute atomic E-state index is 0.0674. The van der Waals surface area contributed by atoms with Gasteiger partial charge in [-0.25, -0.2) is 0 Å². The maximum atomic E-state index is 2.49. The molecule has 0 fully saturated rings. The molecule has 12 aromatic carbocycles. The van der Waals surface area contributed by atoms with Crippen LogP contribution >= 0.6 is 0 Å². The van der Waals surface area contributed by atoms with Gasteiger partial charge in [-0.2, -0.15) is 0 Å². The van der Waals surface area contributed by atoms with E-state index in [4.69, 9.17) is 0 Å². The highest BCUT2D eigenvalue weighted by molar-refractivity contribution is 6.02. The summed E-state index contributed by atoms with van der Waals surface area (Å²) in [6.07, 6.45) is 9.02. The molecule has 0 aromatic heterocycles. The summed E-state index contributed by atoms with van der Waals surface area (Å²) in [5, 5.41) is 4.92. The third-order valence-corrected chi connectivity index (χ3v) is 19.6. The van der Waals surface area contributed by atoms with E-state index >= 15 is 0 Å². The normalized spacial score (nSPS) is 14.7. The lowest BCUT2D eigenvalue weighted by Gasteiger charge is -2.30. The summed E-state index contributed by atoms with van der Waals surface area (Å²) in [5.41, 5.74) is 28.7. The molecule has 0 saturated carbocycles. The van der Waals surface area contributed by atoms with Crippen molar-refractivity contribution in [2.75, 3.05) is 9.80 Å². The third-order valence-electron chi connectivity index (χ3n) is 19.6. The van der Waals surface area contributed by atoms with Crippen molar-refractivity contribution in [3.05, 3.63) is 310 Å². The van der Waals surface area contributed by atoms with Crippen molar-refractivity contribution in [1.29, 1.82) is 0 Å². The molecule has 0 atom stereocenters. The Morgan fingerprint density at radius 2 is 0.598 bits per heavy atom. The van der Waals surface area contributed by atoms with Crippen molar-refractivity contribution in [3.63, 3.8) is 0 Å². The number of benzene rings is 12. The topological polar surface area (TPSA) is 6.48 Å². The van der Waals surface area contributed by atoms with Crippen molar-refractivity contribution < 1.29 is 0 Å². The molecule has 2 heteroatoms. The van der Waals surface area contributed by atoms with Gasteiger partial charge in [-0.3, -0.25) is 0 Å². The molecule has 0 bridgehead atoms. The van der Waals surface area contributed by atoms with Gasteiger partial charge in [0.25, 0.3) is 0 Å². The molecule has 0 aliphatic heterocycles. The van der Waals surface area contributed by atoms with Crippen LogP contribution in [-0.4, -0.2) is 0 Å². The Kier molecular flexibility index (Phi) is 12.5. The summed E-state index contributed by atoms with van der Waals surface area (Å²) in [6, 6.07) is 93.3. The van der Waals surface area contributed by atoms with Gasteiger partial charge in [-0.15, -0.1) is 0 Å². The van der Waals surface area contributed by atoms with Crippen LogP contribution in [0, 0.1) is 0 Å². The second-order valence-electron chi connectivity index (χ2n) is 27.0. The van der Waals surface area contributed by atoms with E-state index in [0.29, 0.717) is 0 Å². The van der Waals surface area contributed by atoms with Crippen molar-refractivity contribution >= 4 is 80.0 Å². The smallest absolute Gasteiger partial charge is 0.0540 e. The summed E-state index contributed by atoms with van der Waals surface area (Å²) in [5.74, 6) is 0. The van der Waals surface area contributed by atoms with Gasteiger partial charge in [0.2, 0.25) is 0 Å². The Hall–Kier alpha value is -9.76. The van der Waals surface area contributed by atoms with Gasteiger partial charge in [0.05, 0.1) is 11.4 Å². The lowest BCUT2D eigenvalue weighted by molar-refractivity contribution is 0.590. The Labute approximate surface area is 514 Å². The molecule has 422 valence electrons. The first-order valence-electron chi connectivity index (χ1n) is 31.0. The average Bonchev–Trinajstić information content (AvgIpc) is 1.67. The van der Waals surface area contributed by atoms with Crippen LogP contribution in [-0.2, 0) is 21.7 Å². The summed E-state index contributed by atoms with van der Waals surface area (Å²) in [4.78, 5) is 4.94. The fraction of sp³-hybridized carbons (Fsp3) is 0.153. The number of rotatable bonds is 10. The van der Waals surface area contributed by atoms with E-state index in [9.17, 15) is 0 Å². The van der Waals surface area contributed by atoms with Crippen molar-refractivity contribution in [2.24, 2.45) is 0 Å². The molecule has 15 rings (SSSR count). The van der Waals surface area contributed by atoms with E-state index in [1.54, 1.807) is 0 Å². The molecule has 3 aliphatic rings.